The van der Waals surface area contributed by atoms with E-state index in [1.165, 1.54) is 0 Å². The first-order valence-electron chi connectivity index (χ1n) is 6.18. The highest BCUT2D eigenvalue weighted by atomic mass is 16.5. The summed E-state index contributed by atoms with van der Waals surface area (Å²) in [6.07, 6.45) is -0.612. The van der Waals surface area contributed by atoms with Crippen molar-refractivity contribution in [1.82, 2.24) is 0 Å². The van der Waals surface area contributed by atoms with Crippen LogP contribution >= 0.6 is 0 Å². The predicted molar refractivity (Wildman–Crippen MR) is 71.8 cm³/mol. The maximum Gasteiger partial charge on any atom is 0.119 e. The van der Waals surface area contributed by atoms with Crippen LogP contribution < -0.4 is 4.74 Å². The number of aliphatic hydroxyl groups excluding tert-OH is 2. The fourth-order valence-corrected chi connectivity index (χ4v) is 1.04. The number of hydrogen-bond donors (Lipinski definition) is 2. The molecule has 0 saturated carbocycles. The van der Waals surface area contributed by atoms with Crippen molar-refractivity contribution < 1.29 is 19.7 Å². The fourth-order valence-electron chi connectivity index (χ4n) is 1.04. The number of aliphatic hydroxyl groups is 2. The lowest BCUT2D eigenvalue weighted by molar-refractivity contribution is -0.0177. The first-order chi connectivity index (χ1) is 8.60. The molecule has 1 rings (SSSR count). The van der Waals surface area contributed by atoms with E-state index in [1.807, 2.05) is 37.3 Å². The molecule has 0 spiro atoms. The van der Waals surface area contributed by atoms with E-state index in [1.54, 1.807) is 13.8 Å². The van der Waals surface area contributed by atoms with Gasteiger partial charge in [-0.25, -0.2) is 0 Å². The second-order valence-electron chi connectivity index (χ2n) is 3.92. The lowest BCUT2D eigenvalue weighted by Gasteiger charge is -2.10. The molecule has 0 amide bonds. The predicted octanol–water partition coefficient (Wildman–Crippen LogP) is 1.85. The van der Waals surface area contributed by atoms with Gasteiger partial charge in [0.15, 0.2) is 0 Å². The van der Waals surface area contributed by atoms with E-state index < -0.39 is 6.10 Å². The van der Waals surface area contributed by atoms with Crippen LogP contribution in [0, 0.1) is 0 Å². The van der Waals surface area contributed by atoms with E-state index in [9.17, 15) is 0 Å². The molecule has 0 aliphatic carbocycles. The van der Waals surface area contributed by atoms with Gasteiger partial charge < -0.3 is 19.7 Å². The molecule has 0 aliphatic rings. The Hall–Kier alpha value is -1.10. The van der Waals surface area contributed by atoms with Crippen molar-refractivity contribution in [2.45, 2.75) is 33.0 Å². The molecule has 0 bridgehead atoms. The molecule has 2 atom stereocenters. The number of benzene rings is 1. The molecule has 0 saturated heterocycles. The third-order valence-electron chi connectivity index (χ3n) is 1.93. The summed E-state index contributed by atoms with van der Waals surface area (Å²) in [4.78, 5) is 0. The SMILES string of the molecule is CC(O)COC(C)CO.CCOc1ccccc1. The summed E-state index contributed by atoms with van der Waals surface area (Å²) >= 11 is 0. The summed E-state index contributed by atoms with van der Waals surface area (Å²) in [5.74, 6) is 0.944. The molecular weight excluding hydrogens is 232 g/mol. The maximum atomic E-state index is 8.69. The topological polar surface area (TPSA) is 58.9 Å². The Balaban J connectivity index is 0.000000321. The molecule has 1 aromatic carbocycles. The van der Waals surface area contributed by atoms with E-state index in [0.29, 0.717) is 6.61 Å². The van der Waals surface area contributed by atoms with Crippen molar-refractivity contribution in [1.29, 1.82) is 0 Å². The summed E-state index contributed by atoms with van der Waals surface area (Å²) in [6.45, 7) is 6.41. The lowest BCUT2D eigenvalue weighted by Crippen LogP contribution is -2.19. The van der Waals surface area contributed by atoms with E-state index in [-0.39, 0.29) is 12.7 Å². The minimum Gasteiger partial charge on any atom is -0.494 e. The van der Waals surface area contributed by atoms with Gasteiger partial charge in [0.25, 0.3) is 0 Å². The Morgan fingerprint density at radius 1 is 1.17 bits per heavy atom. The molecule has 0 aliphatic heterocycles. The summed E-state index contributed by atoms with van der Waals surface area (Å²) in [5.41, 5.74) is 0. The van der Waals surface area contributed by atoms with Gasteiger partial charge in [0.1, 0.15) is 5.75 Å². The maximum absolute atomic E-state index is 8.69. The van der Waals surface area contributed by atoms with Crippen LogP contribution in [0.5, 0.6) is 5.75 Å². The van der Waals surface area contributed by atoms with E-state index in [4.69, 9.17) is 19.7 Å². The highest BCUT2D eigenvalue weighted by Crippen LogP contribution is 2.06. The first-order valence-corrected chi connectivity index (χ1v) is 6.18. The van der Waals surface area contributed by atoms with Gasteiger partial charge in [-0.05, 0) is 32.9 Å². The molecule has 0 radical (unpaired) electrons. The van der Waals surface area contributed by atoms with Crippen LogP contribution in [-0.2, 0) is 4.74 Å². The van der Waals surface area contributed by atoms with Gasteiger partial charge in [0.05, 0.1) is 32.0 Å². The molecular formula is C14H24O4. The van der Waals surface area contributed by atoms with Crippen LogP contribution in [0.2, 0.25) is 0 Å². The highest BCUT2D eigenvalue weighted by molar-refractivity contribution is 5.20. The van der Waals surface area contributed by atoms with Crippen molar-refractivity contribution in [3.8, 4) is 5.75 Å². The zero-order valence-electron chi connectivity index (χ0n) is 11.4. The largest absolute Gasteiger partial charge is 0.494 e. The summed E-state index contributed by atoms with van der Waals surface area (Å²) in [6, 6.07) is 9.80. The standard InChI is InChI=1S/C8H10O.C6H14O3/c1-2-9-8-6-4-3-5-7-8;1-5(8)4-9-6(2)3-7/h3-7H,2H2,1H3;5-8H,3-4H2,1-2H3. The van der Waals surface area contributed by atoms with Crippen LogP contribution in [0.3, 0.4) is 0 Å². The van der Waals surface area contributed by atoms with Crippen molar-refractivity contribution in [3.63, 3.8) is 0 Å². The van der Waals surface area contributed by atoms with E-state index >= 15 is 0 Å². The summed E-state index contributed by atoms with van der Waals surface area (Å²) < 4.78 is 10.2. The Labute approximate surface area is 109 Å². The Bertz CT molecular complexity index is 274. The normalized spacial score (nSPS) is 13.2. The minimum absolute atomic E-state index is 0.00667. The summed E-state index contributed by atoms with van der Waals surface area (Å²) in [7, 11) is 0. The molecule has 2 unspecified atom stereocenters. The van der Waals surface area contributed by atoms with E-state index in [0.717, 1.165) is 12.4 Å². The molecule has 0 aromatic heterocycles. The van der Waals surface area contributed by atoms with Crippen molar-refractivity contribution >= 4 is 0 Å². The van der Waals surface area contributed by atoms with Gasteiger partial charge in [0.2, 0.25) is 0 Å². The Morgan fingerprint density at radius 2 is 1.78 bits per heavy atom. The highest BCUT2D eigenvalue weighted by Gasteiger charge is 2.00. The number of hydrogen-bond acceptors (Lipinski definition) is 4. The quantitative estimate of drug-likeness (QED) is 0.815. The molecule has 0 fully saturated rings. The molecule has 4 nitrogen and oxygen atoms in total. The molecule has 0 heterocycles. The fraction of sp³-hybridized carbons (Fsp3) is 0.571. The average molecular weight is 256 g/mol. The molecule has 1 aromatic rings. The number of ether oxygens (including phenoxy) is 2. The van der Waals surface area contributed by atoms with Gasteiger partial charge in [-0.1, -0.05) is 18.2 Å². The van der Waals surface area contributed by atoms with Crippen LogP contribution in [0.1, 0.15) is 20.8 Å². The number of rotatable bonds is 6. The molecule has 2 N–H and O–H groups in total. The van der Waals surface area contributed by atoms with Gasteiger partial charge >= 0.3 is 0 Å². The first kappa shape index (κ1) is 16.9. The van der Waals surface area contributed by atoms with Crippen LogP contribution in [-0.4, -0.2) is 42.2 Å². The van der Waals surface area contributed by atoms with Gasteiger partial charge in [-0.2, -0.15) is 0 Å². The average Bonchev–Trinajstić information content (AvgIpc) is 2.38. The zero-order valence-corrected chi connectivity index (χ0v) is 11.4. The zero-order chi connectivity index (χ0) is 13.8. The van der Waals surface area contributed by atoms with E-state index in [2.05, 4.69) is 0 Å². The lowest BCUT2D eigenvalue weighted by atomic mass is 10.3. The third kappa shape index (κ3) is 10.1. The van der Waals surface area contributed by atoms with Gasteiger partial charge in [-0.15, -0.1) is 0 Å². The monoisotopic (exact) mass is 256 g/mol. The second-order valence-corrected chi connectivity index (χ2v) is 3.92. The molecule has 4 heteroatoms. The van der Waals surface area contributed by atoms with Crippen molar-refractivity contribution in [2.75, 3.05) is 19.8 Å². The Morgan fingerprint density at radius 3 is 2.22 bits per heavy atom. The molecule has 18 heavy (non-hydrogen) atoms. The van der Waals surface area contributed by atoms with Gasteiger partial charge in [0, 0.05) is 0 Å². The van der Waals surface area contributed by atoms with Crippen LogP contribution in [0.15, 0.2) is 30.3 Å². The minimum atomic E-state index is -0.445. The Kier molecular flexibility index (Phi) is 10.3. The number of para-hydroxylation sites is 1. The third-order valence-corrected chi connectivity index (χ3v) is 1.93. The smallest absolute Gasteiger partial charge is 0.119 e. The van der Waals surface area contributed by atoms with Crippen molar-refractivity contribution in [3.05, 3.63) is 30.3 Å². The second kappa shape index (κ2) is 11.0. The van der Waals surface area contributed by atoms with Crippen LogP contribution in [0.25, 0.3) is 0 Å². The van der Waals surface area contributed by atoms with Crippen LogP contribution in [0.4, 0.5) is 0 Å². The summed E-state index contributed by atoms with van der Waals surface area (Å²) in [5, 5.41) is 17.1. The van der Waals surface area contributed by atoms with Crippen molar-refractivity contribution in [2.24, 2.45) is 0 Å². The van der Waals surface area contributed by atoms with Gasteiger partial charge in [-0.3, -0.25) is 0 Å². The molecule has 104 valence electrons.